The summed E-state index contributed by atoms with van der Waals surface area (Å²) in [6.07, 6.45) is -9.25. The average molecular weight is 576 g/mol. The highest BCUT2D eigenvalue weighted by atomic mass is 35.5. The number of hydrogen-bond donors (Lipinski definition) is 2. The molecule has 3 aromatic rings. The number of ether oxygens (including phenoxy) is 1. The van der Waals surface area contributed by atoms with Crippen molar-refractivity contribution in [1.29, 1.82) is 0 Å². The quantitative estimate of drug-likeness (QED) is 0.279. The third kappa shape index (κ3) is 6.73. The predicted molar refractivity (Wildman–Crippen MR) is 128 cm³/mol. The molecule has 1 aliphatic rings. The van der Waals surface area contributed by atoms with E-state index in [2.05, 4.69) is 20.4 Å². The highest BCUT2D eigenvalue weighted by Gasteiger charge is 2.47. The molecule has 0 spiro atoms. The summed E-state index contributed by atoms with van der Waals surface area (Å²) in [7, 11) is 0. The molecular formula is C26H21ClF7N3O2. The molecule has 39 heavy (non-hydrogen) atoms. The molecular weight excluding hydrogens is 555 g/mol. The zero-order valence-electron chi connectivity index (χ0n) is 19.9. The number of nitrogens with zero attached hydrogens (tertiary/aromatic N) is 1. The Morgan fingerprint density at radius 2 is 1.79 bits per heavy atom. The summed E-state index contributed by atoms with van der Waals surface area (Å²) >= 11 is 5.98. The van der Waals surface area contributed by atoms with E-state index in [9.17, 15) is 35.5 Å². The summed E-state index contributed by atoms with van der Waals surface area (Å²) in [5.74, 6) is -5.01. The maximum absolute atomic E-state index is 14.8. The van der Waals surface area contributed by atoms with E-state index in [1.54, 1.807) is 30.3 Å². The Morgan fingerprint density at radius 3 is 2.38 bits per heavy atom. The van der Waals surface area contributed by atoms with Gasteiger partial charge in [-0.3, -0.25) is 4.98 Å². The van der Waals surface area contributed by atoms with Gasteiger partial charge in [-0.1, -0.05) is 41.9 Å². The molecule has 1 atom stereocenters. The lowest BCUT2D eigenvalue weighted by molar-refractivity contribution is -0.253. The lowest BCUT2D eigenvalue weighted by Crippen LogP contribution is -2.58. The van der Waals surface area contributed by atoms with Crippen molar-refractivity contribution >= 4 is 17.6 Å². The van der Waals surface area contributed by atoms with Crippen LogP contribution in [0.3, 0.4) is 0 Å². The topological polar surface area (TPSA) is 63.2 Å². The number of alkyl halides is 6. The van der Waals surface area contributed by atoms with E-state index >= 15 is 0 Å². The third-order valence-corrected chi connectivity index (χ3v) is 6.32. The van der Waals surface area contributed by atoms with Crippen molar-refractivity contribution in [2.24, 2.45) is 0 Å². The molecule has 2 amide bonds. The van der Waals surface area contributed by atoms with Crippen LogP contribution in [0.15, 0.2) is 66.9 Å². The fourth-order valence-corrected chi connectivity index (χ4v) is 4.41. The van der Waals surface area contributed by atoms with Gasteiger partial charge in [-0.15, -0.1) is 0 Å². The van der Waals surface area contributed by atoms with Gasteiger partial charge in [-0.05, 0) is 35.4 Å². The number of benzene rings is 2. The minimum Gasteiger partial charge on any atom is -0.428 e. The van der Waals surface area contributed by atoms with Crippen molar-refractivity contribution in [2.75, 3.05) is 0 Å². The number of carbonyl (C=O) groups excluding carboxylic acids is 1. The van der Waals surface area contributed by atoms with Gasteiger partial charge in [0.15, 0.2) is 0 Å². The monoisotopic (exact) mass is 575 g/mol. The summed E-state index contributed by atoms with van der Waals surface area (Å²) in [6, 6.07) is 11.7. The summed E-state index contributed by atoms with van der Waals surface area (Å²) < 4.78 is 98.6. The maximum Gasteiger partial charge on any atom is 0.461 e. The molecule has 0 saturated heterocycles. The third-order valence-electron chi connectivity index (χ3n) is 6.10. The number of pyridine rings is 1. The van der Waals surface area contributed by atoms with Crippen LogP contribution in [0.1, 0.15) is 29.7 Å². The molecule has 0 radical (unpaired) electrons. The summed E-state index contributed by atoms with van der Waals surface area (Å²) in [5.41, 5.74) is -1.41. The zero-order valence-corrected chi connectivity index (χ0v) is 20.7. The van der Waals surface area contributed by atoms with Crippen LogP contribution in [0.2, 0.25) is 5.02 Å². The second-order valence-electron chi connectivity index (χ2n) is 9.13. The molecule has 1 aromatic heterocycles. The summed E-state index contributed by atoms with van der Waals surface area (Å²) in [5, 5.41) is 5.26. The Hall–Kier alpha value is -3.54. The first kappa shape index (κ1) is 28.5. The van der Waals surface area contributed by atoms with Gasteiger partial charge in [0, 0.05) is 37.6 Å². The first-order valence-electron chi connectivity index (χ1n) is 11.6. The van der Waals surface area contributed by atoms with Crippen molar-refractivity contribution < 1.29 is 40.3 Å². The Labute approximate surface area is 223 Å². The highest BCUT2D eigenvalue weighted by Crippen LogP contribution is 2.39. The minimum atomic E-state index is -4.94. The van der Waals surface area contributed by atoms with Crippen LogP contribution in [-0.2, 0) is 12.0 Å². The lowest BCUT2D eigenvalue weighted by Gasteiger charge is -2.39. The number of hydrogen-bond acceptors (Lipinski definition) is 3. The van der Waals surface area contributed by atoms with E-state index in [1.165, 1.54) is 18.3 Å². The summed E-state index contributed by atoms with van der Waals surface area (Å²) in [4.78, 5) is 17.3. The van der Waals surface area contributed by atoms with Crippen LogP contribution in [-0.4, -0.2) is 35.5 Å². The molecule has 208 valence electrons. The molecule has 1 fully saturated rings. The maximum atomic E-state index is 14.8. The molecule has 1 saturated carbocycles. The van der Waals surface area contributed by atoms with Crippen LogP contribution in [0, 0.1) is 5.82 Å². The first-order valence-corrected chi connectivity index (χ1v) is 11.9. The van der Waals surface area contributed by atoms with Gasteiger partial charge in [-0.25, -0.2) is 18.0 Å². The molecule has 0 bridgehead atoms. The van der Waals surface area contributed by atoms with E-state index in [0.717, 1.165) is 12.1 Å². The summed E-state index contributed by atoms with van der Waals surface area (Å²) in [6.45, 7) is 0. The van der Waals surface area contributed by atoms with Gasteiger partial charge in [0.25, 0.3) is 5.92 Å². The molecule has 0 unspecified atom stereocenters. The molecule has 2 aromatic carbocycles. The highest BCUT2D eigenvalue weighted by molar-refractivity contribution is 6.30. The zero-order chi connectivity index (χ0) is 28.4. The van der Waals surface area contributed by atoms with Crippen molar-refractivity contribution in [2.45, 2.75) is 49.3 Å². The van der Waals surface area contributed by atoms with E-state index in [1.807, 2.05) is 0 Å². The largest absolute Gasteiger partial charge is 0.461 e. The van der Waals surface area contributed by atoms with E-state index < -0.39 is 60.5 Å². The van der Waals surface area contributed by atoms with Gasteiger partial charge >= 0.3 is 18.6 Å². The van der Waals surface area contributed by atoms with Crippen molar-refractivity contribution in [3.8, 4) is 5.75 Å². The fourth-order valence-electron chi connectivity index (χ4n) is 4.30. The van der Waals surface area contributed by atoms with Gasteiger partial charge in [0.05, 0.1) is 10.7 Å². The fraction of sp³-hybridized carbons (Fsp3) is 0.308. The minimum absolute atomic E-state index is 0.0574. The Bertz CT molecular complexity index is 1300. The van der Waals surface area contributed by atoms with Gasteiger partial charge < -0.3 is 15.4 Å². The number of rotatable bonds is 9. The van der Waals surface area contributed by atoms with Crippen molar-refractivity contribution in [1.82, 2.24) is 15.6 Å². The van der Waals surface area contributed by atoms with Crippen LogP contribution in [0.25, 0.3) is 0 Å². The second kappa shape index (κ2) is 10.9. The number of nitrogens with one attached hydrogen (secondary N) is 2. The smallest absolute Gasteiger partial charge is 0.428 e. The van der Waals surface area contributed by atoms with Crippen molar-refractivity contribution in [3.63, 3.8) is 0 Å². The number of halogens is 8. The van der Waals surface area contributed by atoms with Crippen LogP contribution >= 0.6 is 11.6 Å². The lowest BCUT2D eigenvalue weighted by atomic mass is 9.80. The molecule has 0 aliphatic heterocycles. The molecule has 5 nitrogen and oxygen atoms in total. The SMILES string of the molecule is O=C(NC1CC(F)(F)C1)N[C@@](Cc1ccccc1)(c1cc(F)cc(OC(F)(F)C(F)F)c1)c1ccc(Cl)cn1. The molecule has 1 heterocycles. The predicted octanol–water partition coefficient (Wildman–Crippen LogP) is 6.69. The standard InChI is InChI=1S/C26H21ClF7N3O2/c27-17-6-7-21(35-14-17)25(11-15-4-2-1-3-5-15,37-23(38)36-19-12-24(31,32)13-19)16-8-18(28)10-20(9-16)39-26(33,34)22(29)30/h1-10,14,19,22H,11-13H2,(H2,36,37,38)/t25-/m0/s1. The molecule has 2 N–H and O–H groups in total. The Balaban J connectivity index is 1.83. The molecule has 13 heteroatoms. The van der Waals surface area contributed by atoms with Gasteiger partial charge in [0.2, 0.25) is 0 Å². The van der Waals surface area contributed by atoms with Crippen molar-refractivity contribution in [3.05, 3.63) is 94.5 Å². The average Bonchev–Trinajstić information content (AvgIpc) is 2.82. The Morgan fingerprint density at radius 1 is 1.10 bits per heavy atom. The van der Waals surface area contributed by atoms with E-state index in [0.29, 0.717) is 11.6 Å². The van der Waals surface area contributed by atoms with Crippen LogP contribution < -0.4 is 15.4 Å². The van der Waals surface area contributed by atoms with E-state index in [-0.39, 0.29) is 22.7 Å². The van der Waals surface area contributed by atoms with Gasteiger partial charge in [-0.2, -0.15) is 17.6 Å². The molecule has 1 aliphatic carbocycles. The Kier molecular flexibility index (Phi) is 7.97. The number of amides is 2. The number of aromatic nitrogens is 1. The van der Waals surface area contributed by atoms with Crippen LogP contribution in [0.5, 0.6) is 5.75 Å². The normalized spacial score (nSPS) is 16.7. The number of urea groups is 1. The van der Waals surface area contributed by atoms with Crippen LogP contribution in [0.4, 0.5) is 35.5 Å². The molecule has 4 rings (SSSR count). The first-order chi connectivity index (χ1) is 18.3. The van der Waals surface area contributed by atoms with E-state index in [4.69, 9.17) is 11.6 Å². The second-order valence-corrected chi connectivity index (χ2v) is 9.57. The van der Waals surface area contributed by atoms with Gasteiger partial charge in [0.1, 0.15) is 17.1 Å². The number of carbonyl (C=O) groups is 1.